The molecule has 0 saturated heterocycles. The van der Waals surface area contributed by atoms with Crippen LogP contribution in [0.5, 0.6) is 0 Å². The van der Waals surface area contributed by atoms with Crippen molar-refractivity contribution in [3.8, 4) is 0 Å². The second-order valence-electron chi connectivity index (χ2n) is 4.38. The van der Waals surface area contributed by atoms with Crippen molar-refractivity contribution in [1.82, 2.24) is 20.6 Å². The van der Waals surface area contributed by atoms with Crippen molar-refractivity contribution in [2.75, 3.05) is 0 Å². The number of nitrogens with zero attached hydrogens (tertiary/aromatic N) is 3. The van der Waals surface area contributed by atoms with Gasteiger partial charge in [-0.3, -0.25) is 0 Å². The minimum absolute atomic E-state index is 0.857. The lowest BCUT2D eigenvalue weighted by atomic mass is 10.0. The maximum atomic E-state index is 3.88. The third-order valence-electron chi connectivity index (χ3n) is 3.08. The lowest BCUT2D eigenvalue weighted by Gasteiger charge is -2.03. The minimum Gasteiger partial charge on any atom is -0.243 e. The highest BCUT2D eigenvalue weighted by Crippen LogP contribution is 2.16. The molecule has 1 N–H and O–H groups in total. The smallest absolute Gasteiger partial charge is 0.148 e. The number of aromatic nitrogens is 4. The maximum absolute atomic E-state index is 3.88. The molecule has 0 aliphatic rings. The van der Waals surface area contributed by atoms with E-state index in [2.05, 4.69) is 63.1 Å². The number of H-pyrrole nitrogens is 1. The molecular formula is C14H14N4. The van der Waals surface area contributed by atoms with Crippen LogP contribution in [0.1, 0.15) is 17.8 Å². The molecule has 4 nitrogen and oxygen atoms in total. The molecule has 0 amide bonds. The van der Waals surface area contributed by atoms with Crippen LogP contribution in [0, 0.1) is 0 Å². The number of hydrogen-bond acceptors (Lipinski definition) is 3. The SMILES string of the molecule is c1ccc2cc(CCCc3nnn[nH]3)ccc2c1. The van der Waals surface area contributed by atoms with Gasteiger partial charge in [-0.1, -0.05) is 42.5 Å². The zero-order valence-electron chi connectivity index (χ0n) is 10.0. The number of benzene rings is 2. The summed E-state index contributed by atoms with van der Waals surface area (Å²) in [5, 5.41) is 16.4. The van der Waals surface area contributed by atoms with E-state index in [9.17, 15) is 0 Å². The van der Waals surface area contributed by atoms with Gasteiger partial charge in [0.05, 0.1) is 0 Å². The molecular weight excluding hydrogens is 224 g/mol. The van der Waals surface area contributed by atoms with Gasteiger partial charge < -0.3 is 0 Å². The van der Waals surface area contributed by atoms with Crippen LogP contribution in [0.2, 0.25) is 0 Å². The predicted octanol–water partition coefficient (Wildman–Crippen LogP) is 2.53. The van der Waals surface area contributed by atoms with E-state index in [0.717, 1.165) is 25.1 Å². The number of tetrazole rings is 1. The van der Waals surface area contributed by atoms with Gasteiger partial charge in [0.15, 0.2) is 0 Å². The Balaban J connectivity index is 1.67. The molecule has 0 saturated carbocycles. The summed E-state index contributed by atoms with van der Waals surface area (Å²) in [5.74, 6) is 0.857. The standard InChI is InChI=1S/C14H14N4/c1-2-6-13-10-11(8-9-12(13)5-1)4-3-7-14-15-17-18-16-14/h1-2,5-6,8-10H,3-4,7H2,(H,15,16,17,18). The van der Waals surface area contributed by atoms with Crippen LogP contribution < -0.4 is 0 Å². The molecule has 0 spiro atoms. The first-order chi connectivity index (χ1) is 8.92. The largest absolute Gasteiger partial charge is 0.243 e. The van der Waals surface area contributed by atoms with E-state index >= 15 is 0 Å². The Hall–Kier alpha value is -2.23. The molecule has 18 heavy (non-hydrogen) atoms. The van der Waals surface area contributed by atoms with E-state index in [4.69, 9.17) is 0 Å². The van der Waals surface area contributed by atoms with E-state index in [-0.39, 0.29) is 0 Å². The van der Waals surface area contributed by atoms with Gasteiger partial charge in [-0.15, -0.1) is 5.10 Å². The molecule has 0 fully saturated rings. The van der Waals surface area contributed by atoms with E-state index in [1.165, 1.54) is 16.3 Å². The molecule has 0 radical (unpaired) electrons. The van der Waals surface area contributed by atoms with Crippen LogP contribution in [-0.4, -0.2) is 20.6 Å². The summed E-state index contributed by atoms with van der Waals surface area (Å²) in [6.45, 7) is 0. The molecule has 2 aromatic carbocycles. The fourth-order valence-corrected chi connectivity index (χ4v) is 2.14. The monoisotopic (exact) mass is 238 g/mol. The second kappa shape index (κ2) is 4.96. The highest BCUT2D eigenvalue weighted by molar-refractivity contribution is 5.82. The summed E-state index contributed by atoms with van der Waals surface area (Å²) in [4.78, 5) is 0. The highest BCUT2D eigenvalue weighted by atomic mass is 15.5. The predicted molar refractivity (Wildman–Crippen MR) is 70.2 cm³/mol. The molecule has 0 atom stereocenters. The van der Waals surface area contributed by atoms with E-state index in [0.29, 0.717) is 0 Å². The average molecular weight is 238 g/mol. The van der Waals surface area contributed by atoms with Gasteiger partial charge in [0.25, 0.3) is 0 Å². The number of aromatic amines is 1. The van der Waals surface area contributed by atoms with Crippen LogP contribution in [-0.2, 0) is 12.8 Å². The fourth-order valence-electron chi connectivity index (χ4n) is 2.14. The first-order valence-corrected chi connectivity index (χ1v) is 6.12. The van der Waals surface area contributed by atoms with Gasteiger partial charge in [-0.05, 0) is 39.6 Å². The Morgan fingerprint density at radius 1 is 0.944 bits per heavy atom. The third kappa shape index (κ3) is 2.37. The van der Waals surface area contributed by atoms with Crippen molar-refractivity contribution >= 4 is 10.8 Å². The number of hydrogen-bond donors (Lipinski definition) is 1. The van der Waals surface area contributed by atoms with Crippen molar-refractivity contribution < 1.29 is 0 Å². The lowest BCUT2D eigenvalue weighted by molar-refractivity contribution is 0.774. The Kier molecular flexibility index (Phi) is 3.00. The number of aryl methyl sites for hydroxylation is 2. The molecule has 1 heterocycles. The van der Waals surface area contributed by atoms with E-state index in [1.54, 1.807) is 0 Å². The van der Waals surface area contributed by atoms with Crippen molar-refractivity contribution in [2.45, 2.75) is 19.3 Å². The first-order valence-electron chi connectivity index (χ1n) is 6.12. The van der Waals surface area contributed by atoms with Crippen LogP contribution in [0.3, 0.4) is 0 Å². The molecule has 0 aliphatic carbocycles. The van der Waals surface area contributed by atoms with Gasteiger partial charge in [-0.25, -0.2) is 5.10 Å². The minimum atomic E-state index is 0.857. The average Bonchev–Trinajstić information content (AvgIpc) is 2.92. The molecule has 1 aromatic heterocycles. The van der Waals surface area contributed by atoms with Crippen molar-refractivity contribution in [3.63, 3.8) is 0 Å². The number of nitrogens with one attached hydrogen (secondary N) is 1. The van der Waals surface area contributed by atoms with Crippen molar-refractivity contribution in [3.05, 3.63) is 53.9 Å². The van der Waals surface area contributed by atoms with Gasteiger partial charge in [-0.2, -0.15) is 0 Å². The topological polar surface area (TPSA) is 54.5 Å². The maximum Gasteiger partial charge on any atom is 0.148 e. The zero-order valence-corrected chi connectivity index (χ0v) is 10.0. The summed E-state index contributed by atoms with van der Waals surface area (Å²) >= 11 is 0. The molecule has 4 heteroatoms. The summed E-state index contributed by atoms with van der Waals surface area (Å²) in [5.41, 5.74) is 1.36. The second-order valence-corrected chi connectivity index (χ2v) is 4.38. The zero-order chi connectivity index (χ0) is 12.2. The molecule has 0 aliphatic heterocycles. The molecule has 0 bridgehead atoms. The first kappa shape index (κ1) is 10.9. The summed E-state index contributed by atoms with van der Waals surface area (Å²) < 4.78 is 0. The Labute approximate surface area is 105 Å². The van der Waals surface area contributed by atoms with Gasteiger partial charge in [0.2, 0.25) is 0 Å². The van der Waals surface area contributed by atoms with E-state index in [1.807, 2.05) is 0 Å². The normalized spacial score (nSPS) is 10.9. The number of rotatable bonds is 4. The van der Waals surface area contributed by atoms with Gasteiger partial charge >= 0.3 is 0 Å². The van der Waals surface area contributed by atoms with Gasteiger partial charge in [0, 0.05) is 6.42 Å². The lowest BCUT2D eigenvalue weighted by Crippen LogP contribution is -1.92. The van der Waals surface area contributed by atoms with Gasteiger partial charge in [0.1, 0.15) is 5.82 Å². The number of fused-ring (bicyclic) bond motifs is 1. The summed E-state index contributed by atoms with van der Waals surface area (Å²) in [7, 11) is 0. The van der Waals surface area contributed by atoms with Crippen molar-refractivity contribution in [2.24, 2.45) is 0 Å². The van der Waals surface area contributed by atoms with Crippen LogP contribution >= 0.6 is 0 Å². The quantitative estimate of drug-likeness (QED) is 0.760. The van der Waals surface area contributed by atoms with Crippen molar-refractivity contribution in [1.29, 1.82) is 0 Å². The Morgan fingerprint density at radius 2 is 1.83 bits per heavy atom. The Bertz CT molecular complexity index is 631. The molecule has 0 unspecified atom stereocenters. The van der Waals surface area contributed by atoms with Crippen LogP contribution in [0.15, 0.2) is 42.5 Å². The summed E-state index contributed by atoms with van der Waals surface area (Å²) in [6, 6.07) is 15.1. The van der Waals surface area contributed by atoms with E-state index < -0.39 is 0 Å². The Morgan fingerprint density at radius 3 is 2.67 bits per heavy atom. The third-order valence-corrected chi connectivity index (χ3v) is 3.08. The fraction of sp³-hybridized carbons (Fsp3) is 0.214. The summed E-state index contributed by atoms with van der Waals surface area (Å²) in [6.07, 6.45) is 2.99. The molecule has 3 rings (SSSR count). The molecule has 90 valence electrons. The highest BCUT2D eigenvalue weighted by Gasteiger charge is 1.99. The molecule has 3 aromatic rings. The van der Waals surface area contributed by atoms with Crippen LogP contribution in [0.25, 0.3) is 10.8 Å². The van der Waals surface area contributed by atoms with Crippen LogP contribution in [0.4, 0.5) is 0 Å².